The van der Waals surface area contributed by atoms with Gasteiger partial charge in [0.25, 0.3) is 0 Å². The Morgan fingerprint density at radius 2 is 2.20 bits per heavy atom. The number of hydrogen-bond donors (Lipinski definition) is 1. The van der Waals surface area contributed by atoms with Crippen LogP contribution in [0.1, 0.15) is 0 Å². The molecule has 0 aliphatic carbocycles. The van der Waals surface area contributed by atoms with Gasteiger partial charge in [0.2, 0.25) is 0 Å². The Balaban J connectivity index is 2.04. The molecule has 1 aromatic carbocycles. The van der Waals surface area contributed by atoms with Crippen molar-refractivity contribution >= 4 is 38.7 Å². The molecule has 1 nitrogen and oxygen atoms in total. The van der Waals surface area contributed by atoms with E-state index in [2.05, 4.69) is 35.0 Å². The lowest BCUT2D eigenvalue weighted by Crippen LogP contribution is -1.97. The number of hydrogen-bond acceptors (Lipinski definition) is 2. The molecular weight excluding hydrogens is 226 g/mol. The van der Waals surface area contributed by atoms with Gasteiger partial charge in [-0.2, -0.15) is 0 Å². The van der Waals surface area contributed by atoms with E-state index in [4.69, 9.17) is 11.6 Å². The fourth-order valence-corrected chi connectivity index (χ4v) is 2.30. The zero-order valence-electron chi connectivity index (χ0n) is 8.24. The van der Waals surface area contributed by atoms with Gasteiger partial charge in [0.1, 0.15) is 0 Å². The molecule has 0 aliphatic rings. The van der Waals surface area contributed by atoms with Crippen molar-refractivity contribution in [1.82, 2.24) is 0 Å². The summed E-state index contributed by atoms with van der Waals surface area (Å²) < 4.78 is 1.33. The van der Waals surface area contributed by atoms with Gasteiger partial charge in [0, 0.05) is 22.8 Å². The second-order valence-corrected chi connectivity index (χ2v) is 4.44. The van der Waals surface area contributed by atoms with E-state index >= 15 is 0 Å². The molecule has 15 heavy (non-hydrogen) atoms. The Bertz CT molecular complexity index is 461. The maximum atomic E-state index is 5.53. The van der Waals surface area contributed by atoms with Gasteiger partial charge >= 0.3 is 0 Å². The summed E-state index contributed by atoms with van der Waals surface area (Å²) in [6.07, 6.45) is 3.97. The lowest BCUT2D eigenvalue weighted by molar-refractivity contribution is 1.33. The van der Waals surface area contributed by atoms with Crippen molar-refractivity contribution in [2.45, 2.75) is 0 Å². The van der Waals surface area contributed by atoms with E-state index in [9.17, 15) is 0 Å². The van der Waals surface area contributed by atoms with Crippen LogP contribution in [-0.4, -0.2) is 12.4 Å². The quantitative estimate of drug-likeness (QED) is 0.624. The van der Waals surface area contributed by atoms with Crippen molar-refractivity contribution in [2.75, 3.05) is 17.7 Å². The van der Waals surface area contributed by atoms with E-state index in [1.807, 2.05) is 12.2 Å². The SMILES string of the molecule is ClC/C=C/CNc1ccc2sccc2c1. The van der Waals surface area contributed by atoms with E-state index in [0.717, 1.165) is 12.2 Å². The summed E-state index contributed by atoms with van der Waals surface area (Å²) in [4.78, 5) is 0. The van der Waals surface area contributed by atoms with Gasteiger partial charge in [-0.3, -0.25) is 0 Å². The number of halogens is 1. The highest BCUT2D eigenvalue weighted by Gasteiger charge is 1.95. The monoisotopic (exact) mass is 237 g/mol. The van der Waals surface area contributed by atoms with Gasteiger partial charge in [0.15, 0.2) is 0 Å². The minimum absolute atomic E-state index is 0.575. The second-order valence-electron chi connectivity index (χ2n) is 3.18. The van der Waals surface area contributed by atoms with Crippen LogP contribution in [0.2, 0.25) is 0 Å². The minimum Gasteiger partial charge on any atom is -0.382 e. The maximum Gasteiger partial charge on any atom is 0.0404 e. The molecule has 0 atom stereocenters. The molecule has 1 aromatic heterocycles. The molecule has 0 fully saturated rings. The first-order valence-electron chi connectivity index (χ1n) is 4.82. The van der Waals surface area contributed by atoms with Gasteiger partial charge in [-0.25, -0.2) is 0 Å². The molecule has 3 heteroatoms. The predicted molar refractivity (Wildman–Crippen MR) is 70.2 cm³/mol. The molecule has 0 aliphatic heterocycles. The van der Waals surface area contributed by atoms with Crippen LogP contribution in [-0.2, 0) is 0 Å². The largest absolute Gasteiger partial charge is 0.382 e. The third-order valence-electron chi connectivity index (χ3n) is 2.13. The Labute approximate surface area is 98.4 Å². The van der Waals surface area contributed by atoms with E-state index in [1.165, 1.54) is 10.1 Å². The Morgan fingerprint density at radius 3 is 3.07 bits per heavy atom. The summed E-state index contributed by atoms with van der Waals surface area (Å²) in [5.41, 5.74) is 1.15. The van der Waals surface area contributed by atoms with Gasteiger partial charge < -0.3 is 5.32 Å². The average molecular weight is 238 g/mol. The highest BCUT2D eigenvalue weighted by atomic mass is 35.5. The van der Waals surface area contributed by atoms with E-state index in [-0.39, 0.29) is 0 Å². The van der Waals surface area contributed by atoms with Crippen molar-refractivity contribution in [3.05, 3.63) is 41.8 Å². The number of anilines is 1. The number of benzene rings is 1. The third kappa shape index (κ3) is 2.74. The molecule has 0 unspecified atom stereocenters. The van der Waals surface area contributed by atoms with Crippen molar-refractivity contribution in [1.29, 1.82) is 0 Å². The van der Waals surface area contributed by atoms with Crippen molar-refractivity contribution < 1.29 is 0 Å². The highest BCUT2D eigenvalue weighted by Crippen LogP contribution is 2.23. The predicted octanol–water partition coefficient (Wildman–Crippen LogP) is 4.11. The Kier molecular flexibility index (Phi) is 3.64. The molecule has 2 rings (SSSR count). The van der Waals surface area contributed by atoms with Crippen LogP contribution in [0.25, 0.3) is 10.1 Å². The van der Waals surface area contributed by atoms with Crippen LogP contribution >= 0.6 is 22.9 Å². The number of allylic oxidation sites excluding steroid dienone is 1. The van der Waals surface area contributed by atoms with Gasteiger partial charge in [-0.1, -0.05) is 12.2 Å². The topological polar surface area (TPSA) is 12.0 Å². The summed E-state index contributed by atoms with van der Waals surface area (Å²) in [7, 11) is 0. The smallest absolute Gasteiger partial charge is 0.0404 e. The fraction of sp³-hybridized carbons (Fsp3) is 0.167. The van der Waals surface area contributed by atoms with Crippen LogP contribution in [0.15, 0.2) is 41.8 Å². The molecule has 0 saturated heterocycles. The summed E-state index contributed by atoms with van der Waals surface area (Å²) >= 11 is 7.30. The number of nitrogens with one attached hydrogen (secondary N) is 1. The van der Waals surface area contributed by atoms with Crippen LogP contribution < -0.4 is 5.32 Å². The first-order valence-corrected chi connectivity index (χ1v) is 6.23. The number of fused-ring (bicyclic) bond motifs is 1. The molecule has 0 bridgehead atoms. The summed E-state index contributed by atoms with van der Waals surface area (Å²) in [6, 6.07) is 8.56. The third-order valence-corrected chi connectivity index (χ3v) is 3.21. The average Bonchev–Trinajstić information content (AvgIpc) is 2.71. The first kappa shape index (κ1) is 10.5. The van der Waals surface area contributed by atoms with Crippen LogP contribution in [0.3, 0.4) is 0 Å². The number of rotatable bonds is 4. The van der Waals surface area contributed by atoms with Crippen molar-refractivity contribution in [3.8, 4) is 0 Å². The van der Waals surface area contributed by atoms with Gasteiger partial charge in [-0.15, -0.1) is 22.9 Å². The van der Waals surface area contributed by atoms with Crippen LogP contribution in [0.5, 0.6) is 0 Å². The zero-order valence-corrected chi connectivity index (χ0v) is 9.81. The summed E-state index contributed by atoms with van der Waals surface area (Å²) in [5.74, 6) is 0.575. The molecule has 0 radical (unpaired) electrons. The Hall–Kier alpha value is -0.990. The molecule has 1 heterocycles. The molecule has 0 saturated carbocycles. The maximum absolute atomic E-state index is 5.53. The first-order chi connectivity index (χ1) is 7.40. The number of alkyl halides is 1. The number of thiophene rings is 1. The Morgan fingerprint density at radius 1 is 1.27 bits per heavy atom. The van der Waals surface area contributed by atoms with Crippen molar-refractivity contribution in [3.63, 3.8) is 0 Å². The normalized spacial score (nSPS) is 11.3. The van der Waals surface area contributed by atoms with E-state index < -0.39 is 0 Å². The molecule has 1 N–H and O–H groups in total. The molecule has 2 aromatic rings. The zero-order chi connectivity index (χ0) is 10.5. The van der Waals surface area contributed by atoms with Crippen LogP contribution in [0.4, 0.5) is 5.69 Å². The minimum atomic E-state index is 0.575. The lowest BCUT2D eigenvalue weighted by Gasteiger charge is -2.02. The fourth-order valence-electron chi connectivity index (χ4n) is 1.40. The lowest BCUT2D eigenvalue weighted by atomic mass is 10.2. The van der Waals surface area contributed by atoms with Gasteiger partial charge in [-0.05, 0) is 35.0 Å². The summed E-state index contributed by atoms with van der Waals surface area (Å²) in [6.45, 7) is 0.822. The molecular formula is C12H12ClNS. The van der Waals surface area contributed by atoms with Crippen LogP contribution in [0, 0.1) is 0 Å². The van der Waals surface area contributed by atoms with Gasteiger partial charge in [0.05, 0.1) is 0 Å². The molecule has 78 valence electrons. The van der Waals surface area contributed by atoms with E-state index in [1.54, 1.807) is 11.3 Å². The standard InChI is InChI=1S/C12H12ClNS/c13-6-1-2-7-14-11-3-4-12-10(9-11)5-8-15-12/h1-5,8-9,14H,6-7H2/b2-1+. The van der Waals surface area contributed by atoms with Crippen molar-refractivity contribution in [2.24, 2.45) is 0 Å². The van der Waals surface area contributed by atoms with E-state index in [0.29, 0.717) is 5.88 Å². The molecule has 0 spiro atoms. The highest BCUT2D eigenvalue weighted by molar-refractivity contribution is 7.17. The molecule has 0 amide bonds. The second kappa shape index (κ2) is 5.19. The summed E-state index contributed by atoms with van der Waals surface area (Å²) in [5, 5.41) is 6.73.